The first-order valence-corrected chi connectivity index (χ1v) is 17.6. The van der Waals surface area contributed by atoms with E-state index in [-0.39, 0.29) is 24.4 Å². The van der Waals surface area contributed by atoms with Gasteiger partial charge in [0.05, 0.1) is 42.3 Å². The van der Waals surface area contributed by atoms with Crippen LogP contribution in [0.2, 0.25) is 5.02 Å². The van der Waals surface area contributed by atoms with Gasteiger partial charge < -0.3 is 14.6 Å². The molecule has 1 saturated carbocycles. The molecule has 2 aromatic carbocycles. The smallest absolute Gasteiger partial charge is 0.423 e. The van der Waals surface area contributed by atoms with E-state index in [1.165, 1.54) is 34.1 Å². The Hall–Kier alpha value is -5.01. The first kappa shape index (κ1) is 33.2. The van der Waals surface area contributed by atoms with Crippen LogP contribution in [-0.4, -0.2) is 63.7 Å². The van der Waals surface area contributed by atoms with Crippen molar-refractivity contribution >= 4 is 68.6 Å². The molecule has 4 heterocycles. The fourth-order valence-corrected chi connectivity index (χ4v) is 10.3. The molecule has 4 aromatic rings. The number of anilines is 1. The number of aromatic hydroxyl groups is 1. The molecule has 262 valence electrons. The van der Waals surface area contributed by atoms with E-state index in [9.17, 15) is 29.1 Å². The lowest BCUT2D eigenvalue weighted by Crippen LogP contribution is -2.49. The van der Waals surface area contributed by atoms with Crippen LogP contribution in [0.1, 0.15) is 36.8 Å². The molecular formula is C37H33ClN4O8S. The number of likely N-dealkylation sites (tertiary alicyclic amines) is 1. The summed E-state index contributed by atoms with van der Waals surface area (Å²) < 4.78 is 12.6. The summed E-state index contributed by atoms with van der Waals surface area (Å²) in [6.07, 6.45) is 0.993. The maximum atomic E-state index is 15.0. The van der Waals surface area contributed by atoms with Crippen molar-refractivity contribution in [2.24, 2.45) is 36.1 Å². The number of carbonyl (C=O) groups excluding carboxylic acids is 5. The van der Waals surface area contributed by atoms with Crippen LogP contribution in [0.15, 0.2) is 54.1 Å². The van der Waals surface area contributed by atoms with Crippen molar-refractivity contribution < 1.29 is 38.6 Å². The highest BCUT2D eigenvalue weighted by Gasteiger charge is 2.68. The SMILES string of the molecule is COC(=O)N1C(=O)[C@H]2[C@H](CC=C3[C@H]2C[C@H]2C(=O)N(c4cc(-c5sc6ccc(Cl)cc6c5C)nn4C)C(=O)[C@@]2(C)[C@H]3c2ccc(OC)cc2O)C1=O. The van der Waals surface area contributed by atoms with Crippen molar-refractivity contribution in [2.75, 3.05) is 19.1 Å². The third-order valence-corrected chi connectivity index (χ3v) is 12.9. The van der Waals surface area contributed by atoms with Gasteiger partial charge in [-0.3, -0.25) is 23.9 Å². The van der Waals surface area contributed by atoms with Gasteiger partial charge in [-0.15, -0.1) is 11.3 Å². The number of hydrogen-bond donors (Lipinski definition) is 1. The zero-order valence-electron chi connectivity index (χ0n) is 28.3. The molecule has 0 bridgehead atoms. The Balaban J connectivity index is 1.26. The number of carbonyl (C=O) groups is 5. The second kappa shape index (κ2) is 11.5. The summed E-state index contributed by atoms with van der Waals surface area (Å²) in [6.45, 7) is 3.71. The number of allylic oxidation sites excluding steroid dienone is 2. The highest BCUT2D eigenvalue weighted by molar-refractivity contribution is 7.22. The summed E-state index contributed by atoms with van der Waals surface area (Å²) in [5, 5.41) is 17.8. The van der Waals surface area contributed by atoms with Crippen LogP contribution in [0.3, 0.4) is 0 Å². The number of aromatic nitrogens is 2. The number of amides is 5. The Kier molecular flexibility index (Phi) is 7.48. The number of phenols is 1. The van der Waals surface area contributed by atoms with E-state index >= 15 is 0 Å². The number of halogens is 1. The van der Waals surface area contributed by atoms with Gasteiger partial charge in [0.15, 0.2) is 0 Å². The highest BCUT2D eigenvalue weighted by atomic mass is 35.5. The van der Waals surface area contributed by atoms with E-state index in [0.717, 1.165) is 27.6 Å². The van der Waals surface area contributed by atoms with Gasteiger partial charge in [-0.05, 0) is 67.8 Å². The minimum atomic E-state index is -1.40. The molecule has 2 saturated heterocycles. The number of nitrogens with zero attached hydrogens (tertiary/aromatic N) is 4. The average Bonchev–Trinajstić information content (AvgIpc) is 3.78. The van der Waals surface area contributed by atoms with E-state index in [1.807, 2.05) is 31.2 Å². The molecule has 8 rings (SSSR count). The number of benzene rings is 2. The molecule has 6 atom stereocenters. The lowest BCUT2D eigenvalue weighted by Gasteiger charge is -2.49. The molecule has 2 aliphatic carbocycles. The van der Waals surface area contributed by atoms with E-state index in [1.54, 1.807) is 32.2 Å². The zero-order chi connectivity index (χ0) is 36.3. The van der Waals surface area contributed by atoms with Crippen LogP contribution in [0, 0.1) is 36.0 Å². The Morgan fingerprint density at radius 1 is 1.04 bits per heavy atom. The molecule has 14 heteroatoms. The van der Waals surface area contributed by atoms with Crippen LogP contribution in [0.4, 0.5) is 10.6 Å². The Bertz CT molecular complexity index is 2280. The molecule has 0 radical (unpaired) electrons. The monoisotopic (exact) mass is 728 g/mol. The Morgan fingerprint density at radius 2 is 1.80 bits per heavy atom. The number of rotatable bonds is 4. The Morgan fingerprint density at radius 3 is 2.51 bits per heavy atom. The van der Waals surface area contributed by atoms with Crippen molar-refractivity contribution in [3.05, 3.63) is 70.3 Å². The van der Waals surface area contributed by atoms with Crippen LogP contribution in [0.5, 0.6) is 11.5 Å². The number of thiophene rings is 1. The number of aryl methyl sites for hydroxylation is 2. The largest absolute Gasteiger partial charge is 0.508 e. The molecule has 12 nitrogen and oxygen atoms in total. The molecule has 5 amide bonds. The Labute approximate surface area is 301 Å². The number of fused-ring (bicyclic) bond motifs is 5. The van der Waals surface area contributed by atoms with Crippen LogP contribution >= 0.6 is 22.9 Å². The van der Waals surface area contributed by atoms with E-state index in [0.29, 0.717) is 32.5 Å². The molecule has 4 aliphatic rings. The maximum absolute atomic E-state index is 15.0. The summed E-state index contributed by atoms with van der Waals surface area (Å²) >= 11 is 7.82. The quantitative estimate of drug-likeness (QED) is 0.198. The predicted octanol–water partition coefficient (Wildman–Crippen LogP) is 5.97. The lowest BCUT2D eigenvalue weighted by atomic mass is 9.51. The molecular weight excluding hydrogens is 696 g/mol. The van der Waals surface area contributed by atoms with Crippen LogP contribution < -0.4 is 9.64 Å². The first-order chi connectivity index (χ1) is 24.3. The molecule has 51 heavy (non-hydrogen) atoms. The van der Waals surface area contributed by atoms with Crippen molar-refractivity contribution in [1.29, 1.82) is 0 Å². The van der Waals surface area contributed by atoms with Crippen molar-refractivity contribution in [3.8, 4) is 22.1 Å². The van der Waals surface area contributed by atoms with Gasteiger partial charge in [0.1, 0.15) is 23.0 Å². The van der Waals surface area contributed by atoms with Crippen LogP contribution in [-0.2, 0) is 31.0 Å². The fraction of sp³-hybridized carbons (Fsp3) is 0.351. The summed E-state index contributed by atoms with van der Waals surface area (Å²) in [5.74, 6) is -6.02. The van der Waals surface area contributed by atoms with Crippen molar-refractivity contribution in [1.82, 2.24) is 14.7 Å². The molecule has 3 fully saturated rings. The molecule has 2 aromatic heterocycles. The minimum Gasteiger partial charge on any atom is -0.508 e. The third-order valence-electron chi connectivity index (χ3n) is 11.4. The van der Waals surface area contributed by atoms with Crippen LogP contribution in [0.25, 0.3) is 20.7 Å². The number of phenolic OH excluding ortho intramolecular Hbond substituents is 1. The van der Waals surface area contributed by atoms with E-state index in [2.05, 4.69) is 0 Å². The summed E-state index contributed by atoms with van der Waals surface area (Å²) in [4.78, 5) is 72.0. The second-order valence-corrected chi connectivity index (χ2v) is 15.3. The van der Waals surface area contributed by atoms with Gasteiger partial charge in [-0.1, -0.05) is 29.3 Å². The lowest BCUT2D eigenvalue weighted by molar-refractivity contribution is -0.138. The summed E-state index contributed by atoms with van der Waals surface area (Å²) in [5.41, 5.74) is 1.20. The number of hydrogen-bond acceptors (Lipinski definition) is 10. The summed E-state index contributed by atoms with van der Waals surface area (Å²) in [7, 11) is 4.24. The van der Waals surface area contributed by atoms with E-state index < -0.39 is 64.7 Å². The molecule has 2 aliphatic heterocycles. The molecule has 0 unspecified atom stereocenters. The highest BCUT2D eigenvalue weighted by Crippen LogP contribution is 2.64. The van der Waals surface area contributed by atoms with Crippen molar-refractivity contribution in [2.45, 2.75) is 32.6 Å². The summed E-state index contributed by atoms with van der Waals surface area (Å²) in [6, 6.07) is 12.2. The number of methoxy groups -OCH3 is 2. The number of imide groups is 4. The third kappa shape index (κ3) is 4.50. The average molecular weight is 729 g/mol. The predicted molar refractivity (Wildman–Crippen MR) is 187 cm³/mol. The molecule has 0 spiro atoms. The van der Waals surface area contributed by atoms with Gasteiger partial charge in [-0.2, -0.15) is 10.00 Å². The van der Waals surface area contributed by atoms with Gasteiger partial charge >= 0.3 is 6.09 Å². The maximum Gasteiger partial charge on any atom is 0.423 e. The van der Waals surface area contributed by atoms with Gasteiger partial charge in [-0.25, -0.2) is 9.69 Å². The first-order valence-electron chi connectivity index (χ1n) is 16.5. The number of ether oxygens (including phenoxy) is 2. The zero-order valence-corrected chi connectivity index (χ0v) is 29.9. The second-order valence-electron chi connectivity index (χ2n) is 13.8. The topological polar surface area (TPSA) is 148 Å². The normalized spacial score (nSPS) is 27.1. The fourth-order valence-electron chi connectivity index (χ4n) is 8.96. The van der Waals surface area contributed by atoms with Crippen molar-refractivity contribution in [3.63, 3.8) is 0 Å². The van der Waals surface area contributed by atoms with Gasteiger partial charge in [0.2, 0.25) is 23.6 Å². The molecule has 1 N–H and O–H groups in total. The minimum absolute atomic E-state index is 0.0763. The van der Waals surface area contributed by atoms with Gasteiger partial charge in [0, 0.05) is 40.4 Å². The van der Waals surface area contributed by atoms with Gasteiger partial charge in [0.25, 0.3) is 0 Å². The van der Waals surface area contributed by atoms with E-state index in [4.69, 9.17) is 26.2 Å². The standard InChI is InChI=1S/C37H33ClN4O8S/c1-16-22-12-17(38)6-11-27(22)51-31(16)25-15-28(40(3)39-25)41-33(45)24-14-23-19(9-10-21-29(23)34(46)42(32(21)44)36(48)50-5)30(37(24,2)35(41)47)20-8-7-18(49-4)13-26(20)43/h6-9,11-13,15,21,23-24,29-30,43H,10,14H2,1-5H3/t21-,23+,24-,29-,30+,37+/m0/s1.